The molecule has 5 rings (SSSR count). The topological polar surface area (TPSA) is 36.0 Å². The first-order valence-corrected chi connectivity index (χ1v) is 10.5. The summed E-state index contributed by atoms with van der Waals surface area (Å²) in [6, 6.07) is 4.80. The number of fused-ring (bicyclic) bond motifs is 3. The molecule has 28 heavy (non-hydrogen) atoms. The molecule has 8 heteroatoms. The van der Waals surface area contributed by atoms with Crippen LogP contribution < -0.4 is 0 Å². The third-order valence-electron chi connectivity index (χ3n) is 6.66. The predicted octanol–water partition coefficient (Wildman–Crippen LogP) is 2.67. The van der Waals surface area contributed by atoms with Crippen LogP contribution in [0.15, 0.2) is 29.6 Å². The molecule has 3 atom stereocenters. The number of carbonyl (C=O) groups excluding carboxylic acids is 1. The van der Waals surface area contributed by atoms with Crippen molar-refractivity contribution in [3.05, 3.63) is 46.0 Å². The first-order valence-electron chi connectivity index (χ1n) is 9.64. The molecule has 3 aliphatic heterocycles. The molecule has 1 aromatic carbocycles. The monoisotopic (exact) mass is 423 g/mol. The summed E-state index contributed by atoms with van der Waals surface area (Å²) in [6.07, 6.45) is 1.24. The van der Waals surface area contributed by atoms with Crippen LogP contribution in [0.1, 0.15) is 18.4 Å². The number of halogens is 2. The smallest absolute Gasteiger partial charge is 0.228 e. The van der Waals surface area contributed by atoms with E-state index in [0.29, 0.717) is 49.9 Å². The summed E-state index contributed by atoms with van der Waals surface area (Å²) in [5.41, 5.74) is 2.48. The molecule has 0 spiro atoms. The summed E-state index contributed by atoms with van der Waals surface area (Å²) >= 11 is 10.9. The number of nitrogens with zero attached hydrogens (tertiary/aromatic N) is 3. The molecule has 0 N–H and O–H groups in total. The van der Waals surface area contributed by atoms with Crippen molar-refractivity contribution in [1.82, 2.24) is 14.7 Å². The maximum atomic E-state index is 14.6. The number of rotatable bonds is 3. The minimum atomic E-state index is -0.250. The Balaban J connectivity index is 1.46. The molecule has 2 saturated heterocycles. The Morgan fingerprint density at radius 1 is 1.39 bits per heavy atom. The molecule has 1 saturated carbocycles. The van der Waals surface area contributed by atoms with Gasteiger partial charge in [-0.2, -0.15) is 0 Å². The average Bonchev–Trinajstić information content (AvgIpc) is 3.26. The van der Waals surface area contributed by atoms with E-state index in [1.807, 2.05) is 11.9 Å². The van der Waals surface area contributed by atoms with Crippen molar-refractivity contribution in [1.29, 1.82) is 0 Å². The predicted molar refractivity (Wildman–Crippen MR) is 107 cm³/mol. The highest BCUT2D eigenvalue weighted by molar-refractivity contribution is 7.80. The van der Waals surface area contributed by atoms with E-state index in [1.54, 1.807) is 12.1 Å². The Hall–Kier alpha value is -1.44. The average molecular weight is 424 g/mol. The fourth-order valence-corrected chi connectivity index (χ4v) is 5.59. The molecule has 0 aromatic heterocycles. The molecule has 3 heterocycles. The molecule has 3 fully saturated rings. The van der Waals surface area contributed by atoms with Crippen LogP contribution in [0.25, 0.3) is 0 Å². The number of hydrogen-bond donors (Lipinski definition) is 1. The lowest BCUT2D eigenvalue weighted by Crippen LogP contribution is -2.41. The van der Waals surface area contributed by atoms with Crippen molar-refractivity contribution in [2.24, 2.45) is 5.92 Å². The van der Waals surface area contributed by atoms with Gasteiger partial charge < -0.3 is 19.4 Å². The van der Waals surface area contributed by atoms with Gasteiger partial charge in [-0.15, -0.1) is 12.6 Å². The highest BCUT2D eigenvalue weighted by Crippen LogP contribution is 2.67. The molecule has 1 unspecified atom stereocenters. The molecule has 150 valence electrons. The third kappa shape index (κ3) is 2.66. The second-order valence-electron chi connectivity index (χ2n) is 8.12. The van der Waals surface area contributed by atoms with Gasteiger partial charge in [0.2, 0.25) is 5.91 Å². The quantitative estimate of drug-likeness (QED) is 0.758. The van der Waals surface area contributed by atoms with Gasteiger partial charge in [0.1, 0.15) is 11.3 Å². The van der Waals surface area contributed by atoms with Crippen molar-refractivity contribution < 1.29 is 13.9 Å². The van der Waals surface area contributed by atoms with E-state index in [-0.39, 0.29) is 28.6 Å². The molecule has 5 nitrogen and oxygen atoms in total. The molecular weight excluding hydrogens is 401 g/mol. The molecule has 1 amide bonds. The normalized spacial score (nSPS) is 31.4. The van der Waals surface area contributed by atoms with Gasteiger partial charge in [0.15, 0.2) is 0 Å². The zero-order chi connectivity index (χ0) is 19.6. The van der Waals surface area contributed by atoms with E-state index in [2.05, 4.69) is 9.80 Å². The van der Waals surface area contributed by atoms with Gasteiger partial charge in [-0.1, -0.05) is 11.6 Å². The van der Waals surface area contributed by atoms with E-state index < -0.39 is 0 Å². The zero-order valence-corrected chi connectivity index (χ0v) is 17.3. The van der Waals surface area contributed by atoms with Crippen LogP contribution in [0.4, 0.5) is 4.39 Å². The Kier molecular flexibility index (Phi) is 4.34. The van der Waals surface area contributed by atoms with E-state index in [1.165, 1.54) is 6.07 Å². The molecule has 1 aromatic rings. The fraction of sp³-hybridized carbons (Fsp3) is 0.550. The van der Waals surface area contributed by atoms with Gasteiger partial charge in [0.25, 0.3) is 0 Å². The van der Waals surface area contributed by atoms with Crippen molar-refractivity contribution in [3.8, 4) is 0 Å². The standard InChI is InChI=1S/C20H23ClFN3O2S/c1-23-16(9-17(26)24-4-6-27-7-5-24)18-14-10-20(14,11-25(18)19(23)28)13-8-12(21)2-3-15(13)22/h2-3,8,14,19,28H,4-7,9-11H2,1H3/t14-,19?,20+/m0/s1. The number of piperidine rings is 1. The molecule has 0 radical (unpaired) electrons. The number of benzene rings is 1. The van der Waals surface area contributed by atoms with Crippen LogP contribution in [-0.4, -0.2) is 66.0 Å². The number of hydrogen-bond acceptors (Lipinski definition) is 5. The van der Waals surface area contributed by atoms with E-state index in [4.69, 9.17) is 29.0 Å². The molecule has 0 bridgehead atoms. The first-order chi connectivity index (χ1) is 13.4. The second-order valence-corrected chi connectivity index (χ2v) is 9.02. The number of allylic oxidation sites excluding steroid dienone is 1. The second kappa shape index (κ2) is 6.54. The van der Waals surface area contributed by atoms with Gasteiger partial charge in [-0.05, 0) is 30.2 Å². The lowest BCUT2D eigenvalue weighted by atomic mass is 9.94. The number of ether oxygens (including phenoxy) is 1. The summed E-state index contributed by atoms with van der Waals surface area (Å²) in [5, 5.41) is 0.555. The van der Waals surface area contributed by atoms with Crippen LogP contribution in [0.2, 0.25) is 5.02 Å². The van der Waals surface area contributed by atoms with Gasteiger partial charge in [-0.3, -0.25) is 4.79 Å². The van der Waals surface area contributed by atoms with Crippen LogP contribution in [-0.2, 0) is 14.9 Å². The number of thiol groups is 1. The summed E-state index contributed by atoms with van der Waals surface area (Å²) in [4.78, 5) is 19.0. The summed E-state index contributed by atoms with van der Waals surface area (Å²) < 4.78 is 19.9. The van der Waals surface area contributed by atoms with Crippen molar-refractivity contribution in [2.75, 3.05) is 39.9 Å². The Bertz CT molecular complexity index is 875. The van der Waals surface area contributed by atoms with E-state index in [0.717, 1.165) is 17.8 Å². The maximum Gasteiger partial charge on any atom is 0.228 e. The summed E-state index contributed by atoms with van der Waals surface area (Å²) in [6.45, 7) is 3.17. The molecule has 4 aliphatic rings. The minimum Gasteiger partial charge on any atom is -0.378 e. The Morgan fingerprint density at radius 2 is 2.14 bits per heavy atom. The number of amides is 1. The van der Waals surface area contributed by atoms with Gasteiger partial charge in [0.05, 0.1) is 19.6 Å². The largest absolute Gasteiger partial charge is 0.378 e. The number of carbonyl (C=O) groups is 1. The lowest BCUT2D eigenvalue weighted by molar-refractivity contribution is -0.134. The summed E-state index contributed by atoms with van der Waals surface area (Å²) in [5.74, 6) is 0.128. The van der Waals surface area contributed by atoms with E-state index >= 15 is 0 Å². The highest BCUT2D eigenvalue weighted by atomic mass is 35.5. The SMILES string of the molecule is CN1C(CC(=O)N2CCOCC2)=C2[C@@H]3C[C@]3(c3cc(Cl)ccc3F)CN2C1S. The number of morpholine rings is 1. The summed E-state index contributed by atoms with van der Waals surface area (Å²) in [7, 11) is 1.98. The van der Waals surface area contributed by atoms with Crippen LogP contribution in [0.3, 0.4) is 0 Å². The van der Waals surface area contributed by atoms with Crippen LogP contribution >= 0.6 is 24.2 Å². The molecule has 1 aliphatic carbocycles. The first kappa shape index (κ1) is 18.6. The zero-order valence-electron chi connectivity index (χ0n) is 15.7. The highest BCUT2D eigenvalue weighted by Gasteiger charge is 2.67. The Labute approximate surface area is 174 Å². The minimum absolute atomic E-state index is 0.118. The Morgan fingerprint density at radius 3 is 2.89 bits per heavy atom. The lowest BCUT2D eigenvalue weighted by Gasteiger charge is -2.30. The van der Waals surface area contributed by atoms with Crippen molar-refractivity contribution in [3.63, 3.8) is 0 Å². The van der Waals surface area contributed by atoms with Gasteiger partial charge in [0, 0.05) is 54.4 Å². The maximum absolute atomic E-state index is 14.6. The molecular formula is C20H23ClFN3O2S. The van der Waals surface area contributed by atoms with Gasteiger partial charge in [-0.25, -0.2) is 4.39 Å². The van der Waals surface area contributed by atoms with Crippen LogP contribution in [0, 0.1) is 11.7 Å². The van der Waals surface area contributed by atoms with Crippen LogP contribution in [0.5, 0.6) is 0 Å². The van der Waals surface area contributed by atoms with Crippen molar-refractivity contribution >= 4 is 30.1 Å². The fourth-order valence-electron chi connectivity index (χ4n) is 5.07. The van der Waals surface area contributed by atoms with Crippen molar-refractivity contribution in [2.45, 2.75) is 23.8 Å². The van der Waals surface area contributed by atoms with Gasteiger partial charge >= 0.3 is 0 Å². The third-order valence-corrected chi connectivity index (χ3v) is 7.52. The van der Waals surface area contributed by atoms with E-state index in [9.17, 15) is 9.18 Å².